The van der Waals surface area contributed by atoms with Gasteiger partial charge in [0.05, 0.1) is 14.2 Å². The Morgan fingerprint density at radius 3 is 1.76 bits per heavy atom. The van der Waals surface area contributed by atoms with Crippen molar-refractivity contribution >= 4 is 5.97 Å². The Morgan fingerprint density at radius 1 is 0.793 bits per heavy atom. The standard InChI is InChI=1S/C23H38O6/c1-5-7-9-11-13-15-17-18(16-14-12-10-8-6-2)21(27-3)22(29-28-4)20(24)19(17)23(25)26/h24H,5-16H2,1-4H3,(H,25,26). The van der Waals surface area contributed by atoms with Gasteiger partial charge in [0.25, 0.3) is 0 Å². The summed E-state index contributed by atoms with van der Waals surface area (Å²) in [6, 6.07) is 0. The number of benzene rings is 1. The van der Waals surface area contributed by atoms with Gasteiger partial charge in [0.15, 0.2) is 11.5 Å². The largest absolute Gasteiger partial charge is 0.503 e. The van der Waals surface area contributed by atoms with Crippen molar-refractivity contribution in [1.82, 2.24) is 0 Å². The molecule has 2 N–H and O–H groups in total. The fourth-order valence-corrected chi connectivity index (χ4v) is 3.75. The summed E-state index contributed by atoms with van der Waals surface area (Å²) < 4.78 is 5.55. The van der Waals surface area contributed by atoms with Gasteiger partial charge in [-0.1, -0.05) is 65.2 Å². The number of carboxylic acids is 1. The molecule has 0 spiro atoms. The Bertz CT molecular complexity index is 627. The number of aromatic hydroxyl groups is 1. The fraction of sp³-hybridized carbons (Fsp3) is 0.696. The molecule has 0 heterocycles. The second-order valence-corrected chi connectivity index (χ2v) is 7.43. The first-order valence-corrected chi connectivity index (χ1v) is 10.9. The van der Waals surface area contributed by atoms with Gasteiger partial charge >= 0.3 is 5.97 Å². The van der Waals surface area contributed by atoms with Crippen LogP contribution < -0.4 is 9.62 Å². The van der Waals surface area contributed by atoms with E-state index in [9.17, 15) is 15.0 Å². The van der Waals surface area contributed by atoms with E-state index in [1.807, 2.05) is 0 Å². The highest BCUT2D eigenvalue weighted by atomic mass is 17.2. The van der Waals surface area contributed by atoms with E-state index >= 15 is 0 Å². The van der Waals surface area contributed by atoms with E-state index in [1.54, 1.807) is 0 Å². The Kier molecular flexibility index (Phi) is 12.2. The average molecular weight is 411 g/mol. The van der Waals surface area contributed by atoms with Gasteiger partial charge in [-0.15, -0.1) is 0 Å². The van der Waals surface area contributed by atoms with E-state index in [0.717, 1.165) is 50.5 Å². The lowest BCUT2D eigenvalue weighted by atomic mass is 9.90. The number of unbranched alkanes of at least 4 members (excludes halogenated alkanes) is 8. The van der Waals surface area contributed by atoms with E-state index in [-0.39, 0.29) is 11.3 Å². The maximum Gasteiger partial charge on any atom is 0.339 e. The number of carboxylic acid groups (broad SMARTS) is 1. The average Bonchev–Trinajstić information content (AvgIpc) is 2.70. The Labute approximate surface area is 175 Å². The van der Waals surface area contributed by atoms with Crippen molar-refractivity contribution in [2.24, 2.45) is 0 Å². The number of aromatic carboxylic acids is 1. The minimum Gasteiger partial charge on any atom is -0.503 e. The number of ether oxygens (including phenoxy) is 1. The lowest BCUT2D eigenvalue weighted by molar-refractivity contribution is -0.180. The number of hydrogen-bond donors (Lipinski definition) is 2. The number of phenols is 1. The number of rotatable bonds is 16. The van der Waals surface area contributed by atoms with Crippen LogP contribution in [0.4, 0.5) is 0 Å². The smallest absolute Gasteiger partial charge is 0.339 e. The molecule has 0 atom stereocenters. The SMILES string of the molecule is CCCCCCCc1c(CCCCCCC)c(C(=O)O)c(O)c(OOC)c1OC. The Morgan fingerprint density at radius 2 is 1.31 bits per heavy atom. The van der Waals surface area contributed by atoms with Crippen molar-refractivity contribution in [3.8, 4) is 17.2 Å². The number of methoxy groups -OCH3 is 1. The van der Waals surface area contributed by atoms with Gasteiger partial charge in [0.2, 0.25) is 5.75 Å². The molecule has 6 nitrogen and oxygen atoms in total. The summed E-state index contributed by atoms with van der Waals surface area (Å²) in [5.74, 6) is -1.30. The molecule has 0 aliphatic rings. The fourth-order valence-electron chi connectivity index (χ4n) is 3.75. The van der Waals surface area contributed by atoms with Gasteiger partial charge < -0.3 is 19.8 Å². The lowest BCUT2D eigenvalue weighted by Crippen LogP contribution is -2.11. The van der Waals surface area contributed by atoms with Crippen molar-refractivity contribution in [3.05, 3.63) is 16.7 Å². The normalized spacial score (nSPS) is 10.9. The Balaban J connectivity index is 3.28. The van der Waals surface area contributed by atoms with Crippen LogP contribution in [0.2, 0.25) is 0 Å². The first-order valence-electron chi connectivity index (χ1n) is 10.9. The van der Waals surface area contributed by atoms with Crippen LogP contribution in [-0.4, -0.2) is 30.4 Å². The first-order chi connectivity index (χ1) is 14.0. The van der Waals surface area contributed by atoms with Gasteiger partial charge in [-0.3, -0.25) is 0 Å². The van der Waals surface area contributed by atoms with Crippen LogP contribution in [0.3, 0.4) is 0 Å². The molecule has 0 aliphatic heterocycles. The minimum absolute atomic E-state index is 0.0642. The van der Waals surface area contributed by atoms with E-state index in [2.05, 4.69) is 13.8 Å². The van der Waals surface area contributed by atoms with E-state index in [4.69, 9.17) is 14.5 Å². The van der Waals surface area contributed by atoms with Crippen LogP contribution in [0.25, 0.3) is 0 Å². The molecule has 0 bridgehead atoms. The van der Waals surface area contributed by atoms with Crippen LogP contribution in [0.15, 0.2) is 0 Å². The summed E-state index contributed by atoms with van der Waals surface area (Å²) in [5, 5.41) is 20.4. The lowest BCUT2D eigenvalue weighted by Gasteiger charge is -2.21. The molecule has 0 saturated heterocycles. The van der Waals surface area contributed by atoms with Crippen molar-refractivity contribution in [1.29, 1.82) is 0 Å². The summed E-state index contributed by atoms with van der Waals surface area (Å²) in [6.07, 6.45) is 12.1. The van der Waals surface area contributed by atoms with Crippen LogP contribution in [-0.2, 0) is 17.7 Å². The van der Waals surface area contributed by atoms with Crippen molar-refractivity contribution in [2.75, 3.05) is 14.2 Å². The highest BCUT2D eigenvalue weighted by Crippen LogP contribution is 2.46. The number of hydrogen-bond acceptors (Lipinski definition) is 5. The molecule has 0 fully saturated rings. The zero-order valence-corrected chi connectivity index (χ0v) is 18.5. The van der Waals surface area contributed by atoms with E-state index < -0.39 is 11.7 Å². The first kappa shape index (κ1) is 25.1. The van der Waals surface area contributed by atoms with Gasteiger partial charge in [0, 0.05) is 5.56 Å². The van der Waals surface area contributed by atoms with Crippen LogP contribution in [0, 0.1) is 0 Å². The molecule has 0 saturated carbocycles. The molecule has 1 aromatic carbocycles. The molecule has 0 aromatic heterocycles. The second kappa shape index (κ2) is 14.1. The zero-order valence-electron chi connectivity index (χ0n) is 18.5. The summed E-state index contributed by atoms with van der Waals surface area (Å²) in [4.78, 5) is 21.8. The third-order valence-electron chi connectivity index (χ3n) is 5.24. The van der Waals surface area contributed by atoms with Crippen LogP contribution in [0.1, 0.15) is 99.5 Å². The van der Waals surface area contributed by atoms with Gasteiger partial charge in [-0.05, 0) is 31.2 Å². The van der Waals surface area contributed by atoms with Crippen molar-refractivity contribution < 1.29 is 29.5 Å². The molecule has 0 aliphatic carbocycles. The maximum atomic E-state index is 12.0. The zero-order chi connectivity index (χ0) is 21.6. The quantitative estimate of drug-likeness (QED) is 0.196. The van der Waals surface area contributed by atoms with Gasteiger partial charge in [-0.2, -0.15) is 4.89 Å². The maximum absolute atomic E-state index is 12.0. The highest BCUT2D eigenvalue weighted by Gasteiger charge is 2.29. The van der Waals surface area contributed by atoms with Crippen molar-refractivity contribution in [3.63, 3.8) is 0 Å². The van der Waals surface area contributed by atoms with Gasteiger partial charge in [0.1, 0.15) is 5.56 Å². The molecule has 1 rings (SSSR count). The topological polar surface area (TPSA) is 85.2 Å². The van der Waals surface area contributed by atoms with Crippen molar-refractivity contribution in [2.45, 2.75) is 90.9 Å². The number of carbonyl (C=O) groups is 1. The Hall–Kier alpha value is -1.95. The molecule has 29 heavy (non-hydrogen) atoms. The van der Waals surface area contributed by atoms with Crippen LogP contribution >= 0.6 is 0 Å². The monoisotopic (exact) mass is 410 g/mol. The molecule has 1 aromatic rings. The summed E-state index contributed by atoms with van der Waals surface area (Å²) in [6.45, 7) is 4.34. The summed E-state index contributed by atoms with van der Waals surface area (Å²) >= 11 is 0. The van der Waals surface area contributed by atoms with Gasteiger partial charge in [-0.25, -0.2) is 4.79 Å². The van der Waals surface area contributed by atoms with Crippen LogP contribution in [0.5, 0.6) is 17.2 Å². The third-order valence-corrected chi connectivity index (χ3v) is 5.24. The predicted octanol–water partition coefficient (Wildman–Crippen LogP) is 6.07. The van der Waals surface area contributed by atoms with E-state index in [1.165, 1.54) is 33.5 Å². The summed E-state index contributed by atoms with van der Waals surface area (Å²) in [5.41, 5.74) is 1.36. The predicted molar refractivity (Wildman–Crippen MR) is 114 cm³/mol. The molecule has 0 radical (unpaired) electrons. The molecule has 6 heteroatoms. The molecular formula is C23H38O6. The van der Waals surface area contributed by atoms with E-state index in [0.29, 0.717) is 24.2 Å². The highest BCUT2D eigenvalue weighted by molar-refractivity contribution is 5.95. The minimum atomic E-state index is -1.16. The molecule has 166 valence electrons. The molecule has 0 amide bonds. The molecule has 0 unspecified atom stereocenters. The molecular weight excluding hydrogens is 372 g/mol. The summed E-state index contributed by atoms with van der Waals surface area (Å²) in [7, 11) is 2.81. The third kappa shape index (κ3) is 7.42. The second-order valence-electron chi connectivity index (χ2n) is 7.43.